The highest BCUT2D eigenvalue weighted by Crippen LogP contribution is 2.47. The van der Waals surface area contributed by atoms with Crippen molar-refractivity contribution < 1.29 is 81.7 Å². The molecule has 1 aromatic carbocycles. The summed E-state index contributed by atoms with van der Waals surface area (Å²) in [6.07, 6.45) is 11.1. The maximum absolute atomic E-state index is 14.3. The normalized spacial score (nSPS) is 39.3. The highest BCUT2D eigenvalue weighted by molar-refractivity contribution is 5.87. The highest BCUT2D eigenvalue weighted by Gasteiger charge is 2.60. The SMILES string of the molecule is CC1=CCc2c(cc3oc(C)cc(=O)c3c2O)OC1.CCC(C)C1OC2(C=CC1C)CC1CC(CC=C(C)C(OC3CC(OC)C(OC4CC(OC)C(O)C(C)O4)C(C)O3)C(C)C=CC=C3COC4C(O)C(C)=CC(C(=O)O1)C34O)O2. The predicted octanol–water partition coefficient (Wildman–Crippen LogP) is 8.07. The van der Waals surface area contributed by atoms with E-state index in [1.807, 2.05) is 45.1 Å². The molecule has 8 heterocycles. The number of aliphatic hydroxyl groups excluding tert-OH is 2. The molecule has 20 unspecified atom stereocenters. The fourth-order valence-corrected chi connectivity index (χ4v) is 12.9. The first kappa shape index (κ1) is 61.0. The van der Waals surface area contributed by atoms with Gasteiger partial charge in [0.1, 0.15) is 76.9 Å². The van der Waals surface area contributed by atoms with E-state index in [4.69, 9.17) is 56.5 Å². The Morgan fingerprint density at radius 1 is 0.840 bits per heavy atom. The number of benzene rings is 1. The maximum atomic E-state index is 14.3. The number of carbonyl (C=O) groups excluding carboxylic acids is 1. The zero-order valence-electron chi connectivity index (χ0n) is 49.0. The molecule has 0 saturated carbocycles. The molecule has 4 fully saturated rings. The molecular weight excluding hydrogens is 1040 g/mol. The van der Waals surface area contributed by atoms with Gasteiger partial charge in [-0.05, 0) is 88.7 Å². The third kappa shape index (κ3) is 12.8. The van der Waals surface area contributed by atoms with Crippen LogP contribution in [-0.2, 0) is 58.6 Å². The summed E-state index contributed by atoms with van der Waals surface area (Å²) in [5, 5.41) is 44.8. The first-order valence-electron chi connectivity index (χ1n) is 29.0. The van der Waals surface area contributed by atoms with Gasteiger partial charge >= 0.3 is 5.97 Å². The van der Waals surface area contributed by atoms with Crippen LogP contribution in [0.1, 0.15) is 112 Å². The number of fused-ring (bicyclic) bond motifs is 4. The van der Waals surface area contributed by atoms with E-state index in [2.05, 4.69) is 39.8 Å². The largest absolute Gasteiger partial charge is 0.507 e. The molecule has 0 amide bonds. The minimum atomic E-state index is -1.84. The summed E-state index contributed by atoms with van der Waals surface area (Å²) in [6, 6.07) is 3.07. The lowest BCUT2D eigenvalue weighted by Gasteiger charge is -2.48. The minimum Gasteiger partial charge on any atom is -0.507 e. The van der Waals surface area contributed by atoms with Crippen molar-refractivity contribution in [3.8, 4) is 11.5 Å². The second kappa shape index (κ2) is 25.4. The van der Waals surface area contributed by atoms with Gasteiger partial charge < -0.3 is 76.9 Å². The van der Waals surface area contributed by atoms with E-state index in [0.29, 0.717) is 78.9 Å². The van der Waals surface area contributed by atoms with Crippen LogP contribution in [0.5, 0.6) is 11.5 Å². The standard InChI is InChI=1S/C48H72O14.C15H14O4/c1-11-25(2)43-28(5)17-18-47(62-43)23-34-20-33(61-47)16-15-27(4)42(26(3)13-12-14-32-24-55-45-40(49)29(6)19-35(46(51)58-34)48(32,45)52)59-39-22-37(54-10)44(31(8)57-39)60-38-21-36(53-9)41(50)30(7)56-38;1-8-3-4-10-12(18-7-8)6-13-14(15(10)17)11(16)5-9(2)19-13/h12-15,17-19,25-26,28,30-31,33-45,49-50,52H,11,16,20-24H2,1-10H3;3,5-6,17H,4,7H2,1-2H3. The Labute approximate surface area is 475 Å². The number of phenols is 1. The van der Waals surface area contributed by atoms with Crippen molar-refractivity contribution in [2.24, 2.45) is 23.7 Å². The van der Waals surface area contributed by atoms with E-state index in [1.165, 1.54) is 6.07 Å². The van der Waals surface area contributed by atoms with Crippen LogP contribution in [0.2, 0.25) is 0 Å². The number of hydrogen-bond donors (Lipinski definition) is 4. The van der Waals surface area contributed by atoms with Gasteiger partial charge in [0.25, 0.3) is 0 Å². The summed E-state index contributed by atoms with van der Waals surface area (Å²) in [6.45, 7) is 20.2. The Morgan fingerprint density at radius 3 is 2.31 bits per heavy atom. The molecule has 81 heavy (non-hydrogen) atoms. The Kier molecular flexibility index (Phi) is 19.1. The van der Waals surface area contributed by atoms with Crippen LogP contribution < -0.4 is 10.2 Å². The molecule has 7 aliphatic heterocycles. The molecule has 446 valence electrons. The molecule has 0 radical (unpaired) electrons. The summed E-state index contributed by atoms with van der Waals surface area (Å²) in [7, 11) is 3.22. The zero-order valence-corrected chi connectivity index (χ0v) is 49.0. The summed E-state index contributed by atoms with van der Waals surface area (Å²) in [5.41, 5.74) is 2.00. The molecule has 8 aliphatic rings. The average molecular weight is 1130 g/mol. The lowest BCUT2D eigenvalue weighted by atomic mass is 9.71. The maximum Gasteiger partial charge on any atom is 0.316 e. The second-order valence-corrected chi connectivity index (χ2v) is 23.8. The van der Waals surface area contributed by atoms with Gasteiger partial charge in [-0.25, -0.2) is 0 Å². The fraction of sp³-hybridized carbons (Fsp3) is 0.651. The van der Waals surface area contributed by atoms with Crippen LogP contribution in [-0.4, -0.2) is 151 Å². The number of allylic oxidation sites excluding steroid dienone is 3. The Balaban J connectivity index is 0.000000349. The fourth-order valence-electron chi connectivity index (χ4n) is 12.9. The minimum absolute atomic E-state index is 0.0317. The molecule has 4 saturated heterocycles. The van der Waals surface area contributed by atoms with Crippen LogP contribution in [0.25, 0.3) is 11.0 Å². The van der Waals surface area contributed by atoms with E-state index < -0.39 is 90.8 Å². The number of aliphatic hydroxyl groups is 3. The van der Waals surface area contributed by atoms with E-state index in [-0.39, 0.29) is 59.2 Å². The molecule has 1 spiro atoms. The first-order valence-corrected chi connectivity index (χ1v) is 29.0. The third-order valence-electron chi connectivity index (χ3n) is 17.8. The van der Waals surface area contributed by atoms with Gasteiger partial charge in [0, 0.05) is 69.4 Å². The monoisotopic (exact) mass is 1130 g/mol. The second-order valence-electron chi connectivity index (χ2n) is 23.8. The van der Waals surface area contributed by atoms with E-state index in [0.717, 1.165) is 17.6 Å². The van der Waals surface area contributed by atoms with E-state index in [1.54, 1.807) is 53.2 Å². The number of carbonyl (C=O) groups is 1. The van der Waals surface area contributed by atoms with Gasteiger partial charge in [0.15, 0.2) is 23.8 Å². The van der Waals surface area contributed by atoms with Gasteiger partial charge in [-0.2, -0.15) is 0 Å². The molecule has 1 aromatic heterocycles. The number of ether oxygens (including phenoxy) is 11. The van der Waals surface area contributed by atoms with E-state index in [9.17, 15) is 30.0 Å². The van der Waals surface area contributed by atoms with Crippen LogP contribution in [0.4, 0.5) is 0 Å². The molecule has 10 rings (SSSR count). The molecule has 4 N–H and O–H groups in total. The quantitative estimate of drug-likeness (QED) is 0.145. The molecule has 1 aliphatic carbocycles. The number of esters is 1. The third-order valence-corrected chi connectivity index (χ3v) is 17.8. The lowest BCUT2D eigenvalue weighted by molar-refractivity contribution is -0.318. The topological polar surface area (TPSA) is 230 Å². The lowest BCUT2D eigenvalue weighted by Crippen LogP contribution is -2.58. The predicted molar refractivity (Wildman–Crippen MR) is 299 cm³/mol. The van der Waals surface area contributed by atoms with Gasteiger partial charge in [0.05, 0.1) is 49.3 Å². The number of aryl methyl sites for hydroxylation is 1. The van der Waals surface area contributed by atoms with Crippen molar-refractivity contribution in [3.05, 3.63) is 105 Å². The zero-order chi connectivity index (χ0) is 58.2. The summed E-state index contributed by atoms with van der Waals surface area (Å²) in [4.78, 5) is 26.3. The number of aromatic hydroxyl groups is 1. The smallest absolute Gasteiger partial charge is 0.316 e. The van der Waals surface area contributed by atoms with Crippen LogP contribution in [0, 0.1) is 30.6 Å². The van der Waals surface area contributed by atoms with Crippen molar-refractivity contribution in [3.63, 3.8) is 0 Å². The van der Waals surface area contributed by atoms with Crippen molar-refractivity contribution in [2.75, 3.05) is 27.4 Å². The molecule has 18 heteroatoms. The molecule has 2 bridgehead atoms. The molecule has 2 aromatic rings. The molecular formula is C63H86O18. The van der Waals surface area contributed by atoms with E-state index >= 15 is 0 Å². The number of methoxy groups -OCH3 is 2. The van der Waals surface area contributed by atoms with Crippen molar-refractivity contribution in [2.45, 2.75) is 211 Å². The summed E-state index contributed by atoms with van der Waals surface area (Å²) < 4.78 is 74.8. The van der Waals surface area contributed by atoms with Gasteiger partial charge in [-0.15, -0.1) is 0 Å². The highest BCUT2D eigenvalue weighted by atomic mass is 16.7. The number of hydrogen-bond acceptors (Lipinski definition) is 18. The summed E-state index contributed by atoms with van der Waals surface area (Å²) >= 11 is 0. The van der Waals surface area contributed by atoms with Gasteiger partial charge in [-0.1, -0.05) is 76.6 Å². The van der Waals surface area contributed by atoms with Gasteiger partial charge in [-0.3, -0.25) is 9.59 Å². The van der Waals surface area contributed by atoms with Crippen molar-refractivity contribution in [1.82, 2.24) is 0 Å². The molecule has 20 atom stereocenters. The Hall–Kier alpha value is -4.54. The number of phenolic OH excluding ortho intramolecular Hbond substituents is 1. The first-order chi connectivity index (χ1) is 38.6. The van der Waals surface area contributed by atoms with Crippen molar-refractivity contribution >= 4 is 16.9 Å². The van der Waals surface area contributed by atoms with Crippen molar-refractivity contribution in [1.29, 1.82) is 0 Å². The van der Waals surface area contributed by atoms with Crippen LogP contribution in [0.15, 0.2) is 92.2 Å². The van der Waals surface area contributed by atoms with Crippen LogP contribution in [0.3, 0.4) is 0 Å². The average Bonchev–Trinajstić information content (AvgIpc) is 3.98. The number of rotatable bonds is 8. The Morgan fingerprint density at radius 2 is 1.57 bits per heavy atom. The Bertz CT molecular complexity index is 2830. The molecule has 18 nitrogen and oxygen atoms in total. The summed E-state index contributed by atoms with van der Waals surface area (Å²) in [5.74, 6) is -1.51. The van der Waals surface area contributed by atoms with Gasteiger partial charge in [0.2, 0.25) is 0 Å². The van der Waals surface area contributed by atoms with Crippen LogP contribution >= 0.6 is 0 Å².